The molecule has 11 heteroatoms. The van der Waals surface area contributed by atoms with E-state index in [1.54, 1.807) is 13.8 Å². The third-order valence-corrected chi connectivity index (χ3v) is 5.93. The van der Waals surface area contributed by atoms with Crippen LogP contribution in [0.15, 0.2) is 0 Å². The number of carbonyl (C=O) groups excluding carboxylic acids is 3. The number of carbonyl (C=O) groups is 4. The van der Waals surface area contributed by atoms with Gasteiger partial charge < -0.3 is 37.8 Å². The normalized spacial score (nSPS) is 18.6. The average Bonchev–Trinajstić information content (AvgIpc) is 3.25. The summed E-state index contributed by atoms with van der Waals surface area (Å²) in [7, 11) is 0. The van der Waals surface area contributed by atoms with Crippen molar-refractivity contribution in [1.82, 2.24) is 15.5 Å². The standard InChI is InChI=1S/C22H42N6O5/c1-14(2)18(20(30)26-16(22(32)33)9-4-6-12-24)27-19(29)17-10-7-13-28(17)21(31)15(25)8-3-5-11-23/h14-18H,3-13,23-25H2,1-2H3,(H,26,30)(H,27,29)(H,32,33). The fourth-order valence-electron chi connectivity index (χ4n) is 3.94. The van der Waals surface area contributed by atoms with E-state index >= 15 is 0 Å². The second kappa shape index (κ2) is 14.8. The predicted octanol–water partition coefficient (Wildman–Crippen LogP) is -0.727. The number of carboxylic acids is 1. The Morgan fingerprint density at radius 2 is 1.61 bits per heavy atom. The van der Waals surface area contributed by atoms with E-state index in [1.165, 1.54) is 4.90 Å². The molecule has 4 unspecified atom stereocenters. The van der Waals surface area contributed by atoms with E-state index in [2.05, 4.69) is 10.6 Å². The maximum Gasteiger partial charge on any atom is 0.326 e. The fraction of sp³-hybridized carbons (Fsp3) is 0.818. The van der Waals surface area contributed by atoms with Crippen LogP contribution in [0.1, 0.15) is 65.2 Å². The van der Waals surface area contributed by atoms with Crippen molar-refractivity contribution in [3.8, 4) is 0 Å². The molecule has 0 aliphatic carbocycles. The van der Waals surface area contributed by atoms with Crippen LogP contribution in [-0.2, 0) is 19.2 Å². The number of likely N-dealkylation sites (tertiary alicyclic amines) is 1. The van der Waals surface area contributed by atoms with E-state index in [1.807, 2.05) is 0 Å². The number of hydrogen-bond donors (Lipinski definition) is 6. The number of unbranched alkanes of at least 4 members (excludes halogenated alkanes) is 2. The Labute approximate surface area is 196 Å². The first kappa shape index (κ1) is 28.8. The van der Waals surface area contributed by atoms with E-state index in [9.17, 15) is 24.3 Å². The van der Waals surface area contributed by atoms with Crippen LogP contribution in [-0.4, -0.2) is 77.5 Å². The highest BCUT2D eigenvalue weighted by Gasteiger charge is 2.38. The average molecular weight is 471 g/mol. The molecule has 190 valence electrons. The van der Waals surface area contributed by atoms with Crippen molar-refractivity contribution in [2.45, 2.75) is 89.4 Å². The number of nitrogens with two attached hydrogens (primary N) is 3. The van der Waals surface area contributed by atoms with Crippen LogP contribution < -0.4 is 27.8 Å². The summed E-state index contributed by atoms with van der Waals surface area (Å²) in [5.74, 6) is -2.69. The molecule has 0 aromatic rings. The summed E-state index contributed by atoms with van der Waals surface area (Å²) >= 11 is 0. The highest BCUT2D eigenvalue weighted by atomic mass is 16.4. The van der Waals surface area contributed by atoms with Crippen LogP contribution >= 0.6 is 0 Å². The topological polar surface area (TPSA) is 194 Å². The van der Waals surface area contributed by atoms with Gasteiger partial charge in [-0.3, -0.25) is 14.4 Å². The zero-order valence-electron chi connectivity index (χ0n) is 19.9. The van der Waals surface area contributed by atoms with E-state index in [-0.39, 0.29) is 18.2 Å². The van der Waals surface area contributed by atoms with Gasteiger partial charge in [0, 0.05) is 6.54 Å². The highest BCUT2D eigenvalue weighted by molar-refractivity contribution is 5.94. The van der Waals surface area contributed by atoms with Gasteiger partial charge in [-0.2, -0.15) is 0 Å². The predicted molar refractivity (Wildman–Crippen MR) is 125 cm³/mol. The van der Waals surface area contributed by atoms with Crippen molar-refractivity contribution in [3.05, 3.63) is 0 Å². The van der Waals surface area contributed by atoms with Crippen LogP contribution in [0.3, 0.4) is 0 Å². The maximum absolute atomic E-state index is 13.0. The molecule has 1 saturated heterocycles. The van der Waals surface area contributed by atoms with Crippen LogP contribution in [0.5, 0.6) is 0 Å². The molecule has 1 heterocycles. The first-order valence-electron chi connectivity index (χ1n) is 11.9. The molecule has 33 heavy (non-hydrogen) atoms. The lowest BCUT2D eigenvalue weighted by molar-refractivity contribution is -0.143. The van der Waals surface area contributed by atoms with Crippen LogP contribution in [0.2, 0.25) is 0 Å². The number of carboxylic acid groups (broad SMARTS) is 1. The first-order chi connectivity index (χ1) is 15.6. The summed E-state index contributed by atoms with van der Waals surface area (Å²) in [6.07, 6.45) is 4.64. The zero-order chi connectivity index (χ0) is 25.0. The molecular formula is C22H42N6O5. The minimum atomic E-state index is -1.13. The van der Waals surface area contributed by atoms with E-state index in [4.69, 9.17) is 17.2 Å². The quantitative estimate of drug-likeness (QED) is 0.169. The Kier molecular flexibility index (Phi) is 12.9. The highest BCUT2D eigenvalue weighted by Crippen LogP contribution is 2.20. The Hall–Kier alpha value is -2.24. The monoisotopic (exact) mass is 470 g/mol. The Morgan fingerprint density at radius 1 is 1.00 bits per heavy atom. The molecule has 1 fully saturated rings. The van der Waals surface area contributed by atoms with Gasteiger partial charge in [0.1, 0.15) is 18.1 Å². The van der Waals surface area contributed by atoms with Gasteiger partial charge in [-0.1, -0.05) is 20.3 Å². The van der Waals surface area contributed by atoms with Crippen LogP contribution in [0.25, 0.3) is 0 Å². The van der Waals surface area contributed by atoms with Gasteiger partial charge in [-0.25, -0.2) is 4.79 Å². The molecule has 3 amide bonds. The summed E-state index contributed by atoms with van der Waals surface area (Å²) in [5, 5.41) is 14.7. The Balaban J connectivity index is 2.79. The zero-order valence-corrected chi connectivity index (χ0v) is 19.9. The molecule has 1 aliphatic heterocycles. The second-order valence-electron chi connectivity index (χ2n) is 8.99. The van der Waals surface area contributed by atoms with Crippen LogP contribution in [0, 0.1) is 5.92 Å². The van der Waals surface area contributed by atoms with Gasteiger partial charge in [-0.05, 0) is 64.0 Å². The molecule has 1 aliphatic rings. The summed E-state index contributed by atoms with van der Waals surface area (Å²) in [6, 6.07) is -3.38. The molecule has 0 spiro atoms. The smallest absolute Gasteiger partial charge is 0.326 e. The lowest BCUT2D eigenvalue weighted by atomic mass is 10.0. The molecule has 0 radical (unpaired) electrons. The molecule has 0 aromatic carbocycles. The SMILES string of the molecule is CC(C)C(NC(=O)C1CCCN1C(=O)C(N)CCCCN)C(=O)NC(CCCCN)C(=O)O. The summed E-state index contributed by atoms with van der Waals surface area (Å²) < 4.78 is 0. The Bertz CT molecular complexity index is 659. The van der Waals surface area contributed by atoms with Crippen molar-refractivity contribution >= 4 is 23.7 Å². The van der Waals surface area contributed by atoms with Crippen molar-refractivity contribution < 1.29 is 24.3 Å². The molecule has 0 saturated carbocycles. The largest absolute Gasteiger partial charge is 0.480 e. The maximum atomic E-state index is 13.0. The van der Waals surface area contributed by atoms with Gasteiger partial charge in [0.25, 0.3) is 0 Å². The minimum absolute atomic E-state index is 0.254. The molecule has 9 N–H and O–H groups in total. The van der Waals surface area contributed by atoms with Crippen molar-refractivity contribution in [3.63, 3.8) is 0 Å². The Morgan fingerprint density at radius 3 is 2.15 bits per heavy atom. The van der Waals surface area contributed by atoms with E-state index < -0.39 is 42.0 Å². The van der Waals surface area contributed by atoms with Crippen molar-refractivity contribution in [1.29, 1.82) is 0 Å². The molecule has 11 nitrogen and oxygen atoms in total. The number of aliphatic carboxylic acids is 1. The number of rotatable bonds is 15. The van der Waals surface area contributed by atoms with Crippen molar-refractivity contribution in [2.75, 3.05) is 19.6 Å². The number of nitrogens with one attached hydrogen (secondary N) is 2. The molecule has 4 atom stereocenters. The van der Waals surface area contributed by atoms with Gasteiger partial charge in [-0.15, -0.1) is 0 Å². The molecule has 1 rings (SSSR count). The van der Waals surface area contributed by atoms with E-state index in [0.29, 0.717) is 51.7 Å². The lowest BCUT2D eigenvalue weighted by Gasteiger charge is -2.29. The van der Waals surface area contributed by atoms with E-state index in [0.717, 1.165) is 12.8 Å². The summed E-state index contributed by atoms with van der Waals surface area (Å²) in [5.41, 5.74) is 17.0. The number of hydrogen-bond acceptors (Lipinski definition) is 7. The lowest BCUT2D eigenvalue weighted by Crippen LogP contribution is -2.58. The fourth-order valence-corrected chi connectivity index (χ4v) is 3.94. The third kappa shape index (κ3) is 9.26. The van der Waals surface area contributed by atoms with Gasteiger partial charge in [0.15, 0.2) is 0 Å². The number of amides is 3. The first-order valence-corrected chi connectivity index (χ1v) is 11.9. The summed E-state index contributed by atoms with van der Waals surface area (Å²) in [4.78, 5) is 51.7. The molecule has 0 bridgehead atoms. The minimum Gasteiger partial charge on any atom is -0.480 e. The van der Waals surface area contributed by atoms with Gasteiger partial charge in [0.2, 0.25) is 17.7 Å². The molecule has 0 aromatic heterocycles. The van der Waals surface area contributed by atoms with Crippen molar-refractivity contribution in [2.24, 2.45) is 23.1 Å². The molecular weight excluding hydrogens is 428 g/mol. The van der Waals surface area contributed by atoms with Gasteiger partial charge in [0.05, 0.1) is 6.04 Å². The number of nitrogens with zero attached hydrogens (tertiary/aromatic N) is 1. The second-order valence-corrected chi connectivity index (χ2v) is 8.99. The van der Waals surface area contributed by atoms with Crippen LogP contribution in [0.4, 0.5) is 0 Å². The van der Waals surface area contributed by atoms with Gasteiger partial charge >= 0.3 is 5.97 Å². The summed E-state index contributed by atoms with van der Waals surface area (Å²) in [6.45, 7) is 4.93. The third-order valence-electron chi connectivity index (χ3n) is 5.93.